The van der Waals surface area contributed by atoms with E-state index in [-0.39, 0.29) is 17.8 Å². The first-order valence-corrected chi connectivity index (χ1v) is 12.1. The minimum Gasteiger partial charge on any atom is -0.508 e. The molecule has 0 saturated carbocycles. The van der Waals surface area contributed by atoms with Gasteiger partial charge in [0.15, 0.2) is 0 Å². The zero-order valence-corrected chi connectivity index (χ0v) is 20.6. The first-order chi connectivity index (χ1) is 18.1. The Bertz CT molecular complexity index is 1570. The highest BCUT2D eigenvalue weighted by Crippen LogP contribution is 2.37. The summed E-state index contributed by atoms with van der Waals surface area (Å²) < 4.78 is 0. The fourth-order valence-corrected chi connectivity index (χ4v) is 4.58. The van der Waals surface area contributed by atoms with Crippen LogP contribution < -0.4 is 10.6 Å². The number of benzene rings is 2. The molecule has 4 N–H and O–H groups in total. The fourth-order valence-electron chi connectivity index (χ4n) is 4.31. The summed E-state index contributed by atoms with van der Waals surface area (Å²) in [6.45, 7) is 2.04. The second-order valence-corrected chi connectivity index (χ2v) is 8.88. The third kappa shape index (κ3) is 5.01. The minimum atomic E-state index is -0.347. The number of aromatic nitrogens is 5. The maximum atomic E-state index is 9.99. The Labute approximate surface area is 218 Å². The molecule has 0 unspecified atom stereocenters. The van der Waals surface area contributed by atoms with Crippen LogP contribution in [-0.4, -0.2) is 30.5 Å². The van der Waals surface area contributed by atoms with Gasteiger partial charge in [0.1, 0.15) is 17.5 Å². The van der Waals surface area contributed by atoms with Gasteiger partial charge in [-0.3, -0.25) is 15.1 Å². The van der Waals surface area contributed by atoms with Gasteiger partial charge >= 0.3 is 0 Å². The van der Waals surface area contributed by atoms with Gasteiger partial charge in [0.2, 0.25) is 0 Å². The van der Waals surface area contributed by atoms with E-state index in [2.05, 4.69) is 42.1 Å². The number of hydrogen-bond acceptors (Lipinski definition) is 8. The maximum Gasteiger partial charge on any atom is 0.115 e. The quantitative estimate of drug-likeness (QED) is 0.207. The number of nitriles is 1. The van der Waals surface area contributed by atoms with Crippen molar-refractivity contribution < 1.29 is 5.11 Å². The molecule has 0 bridgehead atoms. The lowest BCUT2D eigenvalue weighted by Crippen LogP contribution is -2.14. The molecule has 3 heterocycles. The van der Waals surface area contributed by atoms with Gasteiger partial charge in [0.05, 0.1) is 33.9 Å². The third-order valence-corrected chi connectivity index (χ3v) is 6.39. The standard InChI is InChI=1S/C27H23ClN8O/c1-2-23(16-5-3-7-20(37)9-16)34-25-18(12-29)14-31-27-21(25)10-19(11-22(27)28)33-26(24-15-32-36-35-24)17-6-4-8-30-13-17/h3-11,13-15,23,26,33,37H,2H2,1H3,(H,31,34)(H,32,35,36)/t23-,26+/m1/s1. The molecule has 184 valence electrons. The van der Waals surface area contributed by atoms with Crippen molar-refractivity contribution in [1.29, 1.82) is 5.26 Å². The first-order valence-electron chi connectivity index (χ1n) is 11.7. The molecule has 0 radical (unpaired) electrons. The van der Waals surface area contributed by atoms with Gasteiger partial charge in [-0.05, 0) is 47.9 Å². The van der Waals surface area contributed by atoms with Crippen molar-refractivity contribution in [3.05, 3.63) is 101 Å². The lowest BCUT2D eigenvalue weighted by atomic mass is 10.0. The van der Waals surface area contributed by atoms with Crippen LogP contribution in [0.1, 0.15) is 47.8 Å². The summed E-state index contributed by atoms with van der Waals surface area (Å²) in [5.74, 6) is 0.182. The predicted octanol–water partition coefficient (Wildman–Crippen LogP) is 5.74. The van der Waals surface area contributed by atoms with Crippen LogP contribution >= 0.6 is 11.6 Å². The number of rotatable bonds is 8. The van der Waals surface area contributed by atoms with Crippen molar-refractivity contribution >= 4 is 33.9 Å². The molecular weight excluding hydrogens is 488 g/mol. The molecular formula is C27H23ClN8O. The summed E-state index contributed by atoms with van der Waals surface area (Å²) in [7, 11) is 0. The Morgan fingerprint density at radius 1 is 1.11 bits per heavy atom. The van der Waals surface area contributed by atoms with E-state index in [4.69, 9.17) is 11.6 Å². The summed E-state index contributed by atoms with van der Waals surface area (Å²) in [6, 6.07) is 16.3. The molecule has 0 aliphatic heterocycles. The molecule has 2 atom stereocenters. The molecule has 0 aliphatic rings. The van der Waals surface area contributed by atoms with Gasteiger partial charge in [0, 0.05) is 35.9 Å². The van der Waals surface area contributed by atoms with Gasteiger partial charge in [0.25, 0.3) is 0 Å². The summed E-state index contributed by atoms with van der Waals surface area (Å²) in [5.41, 5.74) is 4.76. The second kappa shape index (κ2) is 10.5. The van der Waals surface area contributed by atoms with Gasteiger partial charge in [-0.25, -0.2) is 0 Å². The van der Waals surface area contributed by atoms with Crippen LogP contribution in [0.4, 0.5) is 11.4 Å². The van der Waals surface area contributed by atoms with Crippen molar-refractivity contribution in [2.75, 3.05) is 10.6 Å². The smallest absolute Gasteiger partial charge is 0.115 e. The summed E-state index contributed by atoms with van der Waals surface area (Å²) >= 11 is 6.70. The van der Waals surface area contributed by atoms with Gasteiger partial charge < -0.3 is 15.7 Å². The summed E-state index contributed by atoms with van der Waals surface area (Å²) in [4.78, 5) is 8.70. The molecule has 2 aromatic carbocycles. The number of nitrogens with one attached hydrogen (secondary N) is 3. The van der Waals surface area contributed by atoms with E-state index < -0.39 is 0 Å². The number of phenolic OH excluding ortho intramolecular Hbond substituents is 1. The first kappa shape index (κ1) is 24.0. The van der Waals surface area contributed by atoms with Crippen molar-refractivity contribution in [2.24, 2.45) is 0 Å². The molecule has 9 nitrogen and oxygen atoms in total. The Balaban J connectivity index is 1.59. The van der Waals surface area contributed by atoms with E-state index in [1.165, 1.54) is 6.20 Å². The normalized spacial score (nSPS) is 12.6. The minimum absolute atomic E-state index is 0.154. The molecule has 0 amide bonds. The van der Waals surface area contributed by atoms with Crippen LogP contribution in [0.3, 0.4) is 0 Å². The maximum absolute atomic E-state index is 9.99. The Morgan fingerprint density at radius 3 is 2.68 bits per heavy atom. The highest BCUT2D eigenvalue weighted by molar-refractivity contribution is 6.35. The zero-order valence-electron chi connectivity index (χ0n) is 19.9. The Kier molecular flexibility index (Phi) is 6.83. The van der Waals surface area contributed by atoms with Crippen molar-refractivity contribution in [2.45, 2.75) is 25.4 Å². The largest absolute Gasteiger partial charge is 0.508 e. The SMILES string of the molecule is CC[C@@H](Nc1c(C#N)cnc2c(Cl)cc(N[C@@H](c3cccnc3)c3c[nH]nn3)cc12)c1cccc(O)c1. The molecule has 5 aromatic rings. The van der Waals surface area contributed by atoms with Crippen molar-refractivity contribution in [1.82, 2.24) is 25.4 Å². The number of pyridine rings is 2. The Hall–Kier alpha value is -4.68. The van der Waals surface area contributed by atoms with Crippen LogP contribution in [-0.2, 0) is 0 Å². The number of anilines is 2. The number of aromatic hydroxyl groups is 1. The van der Waals surface area contributed by atoms with E-state index in [0.29, 0.717) is 38.6 Å². The molecule has 5 rings (SSSR count). The molecule has 0 aliphatic carbocycles. The van der Waals surface area contributed by atoms with Crippen molar-refractivity contribution in [3.8, 4) is 11.8 Å². The van der Waals surface area contributed by atoms with E-state index in [1.807, 2.05) is 31.2 Å². The Morgan fingerprint density at radius 2 is 1.97 bits per heavy atom. The van der Waals surface area contributed by atoms with Crippen LogP contribution in [0.5, 0.6) is 5.75 Å². The number of fused-ring (bicyclic) bond motifs is 1. The second-order valence-electron chi connectivity index (χ2n) is 8.48. The summed E-state index contributed by atoms with van der Waals surface area (Å²) in [5, 5.41) is 38.8. The van der Waals surface area contributed by atoms with E-state index >= 15 is 0 Å². The average Bonchev–Trinajstić information content (AvgIpc) is 3.45. The predicted molar refractivity (Wildman–Crippen MR) is 142 cm³/mol. The monoisotopic (exact) mass is 510 g/mol. The fraction of sp³-hybridized carbons (Fsp3) is 0.148. The topological polar surface area (TPSA) is 135 Å². The molecule has 10 heteroatoms. The third-order valence-electron chi connectivity index (χ3n) is 6.10. The highest BCUT2D eigenvalue weighted by atomic mass is 35.5. The van der Waals surface area contributed by atoms with Crippen LogP contribution in [0.15, 0.2) is 73.3 Å². The number of H-pyrrole nitrogens is 1. The number of nitrogens with zero attached hydrogens (tertiary/aromatic N) is 5. The molecule has 0 fully saturated rings. The number of hydrogen-bond donors (Lipinski definition) is 4. The number of phenols is 1. The van der Waals surface area contributed by atoms with Gasteiger partial charge in [-0.15, -0.1) is 5.10 Å². The van der Waals surface area contributed by atoms with Crippen LogP contribution in [0.25, 0.3) is 10.9 Å². The van der Waals surface area contributed by atoms with E-state index in [1.54, 1.807) is 42.9 Å². The molecule has 37 heavy (non-hydrogen) atoms. The summed E-state index contributed by atoms with van der Waals surface area (Å²) in [6.07, 6.45) is 7.43. The molecule has 0 saturated heterocycles. The zero-order chi connectivity index (χ0) is 25.8. The van der Waals surface area contributed by atoms with Gasteiger partial charge in [-0.1, -0.05) is 41.9 Å². The number of aromatic amines is 1. The molecule has 0 spiro atoms. The van der Waals surface area contributed by atoms with Crippen LogP contribution in [0, 0.1) is 11.3 Å². The van der Waals surface area contributed by atoms with E-state index in [0.717, 1.165) is 17.5 Å². The van der Waals surface area contributed by atoms with Gasteiger partial charge in [-0.2, -0.15) is 5.26 Å². The van der Waals surface area contributed by atoms with E-state index in [9.17, 15) is 10.4 Å². The molecule has 3 aromatic heterocycles. The lowest BCUT2D eigenvalue weighted by Gasteiger charge is -2.22. The lowest BCUT2D eigenvalue weighted by molar-refractivity contribution is 0.474. The van der Waals surface area contributed by atoms with Crippen molar-refractivity contribution in [3.63, 3.8) is 0 Å². The number of halogens is 1. The average molecular weight is 511 g/mol. The van der Waals surface area contributed by atoms with Crippen LogP contribution in [0.2, 0.25) is 5.02 Å². The highest BCUT2D eigenvalue weighted by Gasteiger charge is 2.20.